The molecule has 4 rings (SSSR count). The number of hydrogen-bond donors (Lipinski definition) is 2. The van der Waals surface area contributed by atoms with E-state index >= 15 is 0 Å². The third-order valence-corrected chi connectivity index (χ3v) is 4.08. The van der Waals surface area contributed by atoms with Crippen molar-refractivity contribution < 1.29 is 9.18 Å². The minimum absolute atomic E-state index is 0.255. The van der Waals surface area contributed by atoms with Gasteiger partial charge in [-0.2, -0.15) is 10.2 Å². The predicted molar refractivity (Wildman–Crippen MR) is 101 cm³/mol. The molecule has 0 unspecified atom stereocenters. The molecule has 2 N–H and O–H groups in total. The fourth-order valence-electron chi connectivity index (χ4n) is 2.78. The lowest BCUT2D eigenvalue weighted by molar-refractivity contribution is 0.102. The Morgan fingerprint density at radius 3 is 2.61 bits per heavy atom. The van der Waals surface area contributed by atoms with E-state index in [0.29, 0.717) is 22.9 Å². The topological polar surface area (TPSA) is 101 Å². The molecule has 0 aliphatic carbocycles. The first-order valence-corrected chi connectivity index (χ1v) is 8.48. The molecule has 0 saturated carbocycles. The molecule has 0 aliphatic heterocycles. The number of aryl methyl sites for hydroxylation is 2. The Morgan fingerprint density at radius 2 is 1.89 bits per heavy atom. The highest BCUT2D eigenvalue weighted by Gasteiger charge is 2.13. The van der Waals surface area contributed by atoms with Gasteiger partial charge in [0, 0.05) is 17.3 Å². The molecule has 4 aromatic rings. The Labute approximate surface area is 159 Å². The highest BCUT2D eigenvalue weighted by molar-refractivity contribution is 6.03. The van der Waals surface area contributed by atoms with Crippen LogP contribution in [0.1, 0.15) is 21.9 Å². The molecule has 0 radical (unpaired) electrons. The van der Waals surface area contributed by atoms with E-state index in [0.717, 1.165) is 11.4 Å². The van der Waals surface area contributed by atoms with Gasteiger partial charge in [0.05, 0.1) is 11.4 Å². The number of carbonyl (C=O) groups excluding carboxylic acids is 1. The molecular weight excluding hydrogens is 361 g/mol. The molecule has 0 fully saturated rings. The van der Waals surface area contributed by atoms with Crippen molar-refractivity contribution in [3.05, 3.63) is 71.7 Å². The van der Waals surface area contributed by atoms with Crippen LogP contribution in [-0.2, 0) is 0 Å². The van der Waals surface area contributed by atoms with Crippen LogP contribution >= 0.6 is 0 Å². The minimum Gasteiger partial charge on any atom is -0.305 e. The second-order valence-corrected chi connectivity index (χ2v) is 6.23. The number of amides is 1. The number of nitrogens with one attached hydrogen (secondary N) is 2. The van der Waals surface area contributed by atoms with Gasteiger partial charge in [0.15, 0.2) is 5.82 Å². The summed E-state index contributed by atoms with van der Waals surface area (Å²) in [5.41, 5.74) is 3.28. The SMILES string of the molecule is Cc1cc(C)n(-c2cc(NC(=O)c3cc(-c4ccc(F)cc4)n[nH]3)ncn2)n1. The molecule has 8 nitrogen and oxygen atoms in total. The van der Waals surface area contributed by atoms with E-state index < -0.39 is 5.91 Å². The van der Waals surface area contributed by atoms with Crippen molar-refractivity contribution in [3.8, 4) is 17.1 Å². The number of anilines is 1. The second kappa shape index (κ2) is 7.03. The molecule has 140 valence electrons. The predicted octanol–water partition coefficient (Wildman–Crippen LogP) is 3.06. The largest absolute Gasteiger partial charge is 0.305 e. The average molecular weight is 377 g/mol. The van der Waals surface area contributed by atoms with Crippen LogP contribution in [0.5, 0.6) is 0 Å². The fourth-order valence-corrected chi connectivity index (χ4v) is 2.78. The summed E-state index contributed by atoms with van der Waals surface area (Å²) >= 11 is 0. The van der Waals surface area contributed by atoms with Crippen molar-refractivity contribution in [1.82, 2.24) is 29.9 Å². The van der Waals surface area contributed by atoms with Gasteiger partial charge in [-0.15, -0.1) is 0 Å². The summed E-state index contributed by atoms with van der Waals surface area (Å²) in [5, 5.41) is 13.9. The van der Waals surface area contributed by atoms with Gasteiger partial charge in [0.25, 0.3) is 5.91 Å². The summed E-state index contributed by atoms with van der Waals surface area (Å²) in [6.45, 7) is 3.81. The highest BCUT2D eigenvalue weighted by atomic mass is 19.1. The zero-order chi connectivity index (χ0) is 19.7. The Bertz CT molecular complexity index is 1150. The van der Waals surface area contributed by atoms with E-state index in [4.69, 9.17) is 0 Å². The Balaban J connectivity index is 1.54. The third kappa shape index (κ3) is 3.50. The maximum atomic E-state index is 13.0. The third-order valence-electron chi connectivity index (χ3n) is 4.08. The van der Waals surface area contributed by atoms with Crippen molar-refractivity contribution in [2.75, 3.05) is 5.32 Å². The van der Waals surface area contributed by atoms with E-state index in [2.05, 4.69) is 30.6 Å². The fraction of sp³-hybridized carbons (Fsp3) is 0.105. The number of hydrogen-bond acceptors (Lipinski definition) is 5. The number of aromatic nitrogens is 6. The molecule has 0 aliphatic rings. The zero-order valence-corrected chi connectivity index (χ0v) is 15.1. The van der Waals surface area contributed by atoms with Crippen molar-refractivity contribution >= 4 is 11.7 Å². The zero-order valence-electron chi connectivity index (χ0n) is 15.1. The summed E-state index contributed by atoms with van der Waals surface area (Å²) < 4.78 is 14.7. The lowest BCUT2D eigenvalue weighted by Gasteiger charge is -2.06. The minimum atomic E-state index is -0.404. The Kier molecular flexibility index (Phi) is 4.40. The van der Waals surface area contributed by atoms with Gasteiger partial charge in [-0.25, -0.2) is 19.0 Å². The average Bonchev–Trinajstić information content (AvgIpc) is 3.29. The van der Waals surface area contributed by atoms with Crippen LogP contribution in [0.4, 0.5) is 10.2 Å². The first kappa shape index (κ1) is 17.5. The summed E-state index contributed by atoms with van der Waals surface area (Å²) in [7, 11) is 0. The number of H-pyrrole nitrogens is 1. The molecule has 0 spiro atoms. The van der Waals surface area contributed by atoms with Crippen LogP contribution in [0.15, 0.2) is 48.8 Å². The van der Waals surface area contributed by atoms with Crippen LogP contribution in [-0.4, -0.2) is 35.9 Å². The normalized spacial score (nSPS) is 10.8. The smallest absolute Gasteiger partial charge is 0.274 e. The van der Waals surface area contributed by atoms with Crippen molar-refractivity contribution in [1.29, 1.82) is 0 Å². The monoisotopic (exact) mass is 377 g/mol. The number of benzene rings is 1. The van der Waals surface area contributed by atoms with E-state index in [1.54, 1.807) is 28.9 Å². The summed E-state index contributed by atoms with van der Waals surface area (Å²) in [5.74, 6) is 0.145. The summed E-state index contributed by atoms with van der Waals surface area (Å²) in [6.07, 6.45) is 1.36. The van der Waals surface area contributed by atoms with Gasteiger partial charge in [-0.05, 0) is 50.2 Å². The van der Waals surface area contributed by atoms with Gasteiger partial charge in [0.2, 0.25) is 0 Å². The first-order valence-electron chi connectivity index (χ1n) is 8.48. The van der Waals surface area contributed by atoms with E-state index in [-0.39, 0.29) is 11.5 Å². The van der Waals surface area contributed by atoms with Crippen LogP contribution < -0.4 is 5.32 Å². The van der Waals surface area contributed by atoms with Crippen LogP contribution in [0, 0.1) is 19.7 Å². The first-order chi connectivity index (χ1) is 13.5. The van der Waals surface area contributed by atoms with Crippen molar-refractivity contribution in [2.45, 2.75) is 13.8 Å². The van der Waals surface area contributed by atoms with Crippen molar-refractivity contribution in [2.24, 2.45) is 0 Å². The molecule has 0 saturated heterocycles. The van der Waals surface area contributed by atoms with Crippen LogP contribution in [0.2, 0.25) is 0 Å². The van der Waals surface area contributed by atoms with Crippen LogP contribution in [0.3, 0.4) is 0 Å². The lowest BCUT2D eigenvalue weighted by Crippen LogP contribution is -2.14. The molecule has 1 amide bonds. The number of rotatable bonds is 4. The highest BCUT2D eigenvalue weighted by Crippen LogP contribution is 2.19. The van der Waals surface area contributed by atoms with Gasteiger partial charge in [0.1, 0.15) is 23.7 Å². The molecule has 3 heterocycles. The number of halogens is 1. The lowest BCUT2D eigenvalue weighted by atomic mass is 10.1. The van der Waals surface area contributed by atoms with Gasteiger partial charge in [-0.1, -0.05) is 0 Å². The van der Waals surface area contributed by atoms with Gasteiger partial charge in [-0.3, -0.25) is 9.89 Å². The maximum absolute atomic E-state index is 13.0. The Hall–Kier alpha value is -3.88. The molecule has 3 aromatic heterocycles. The number of aromatic amines is 1. The molecular formula is C19H16FN7O. The van der Waals surface area contributed by atoms with E-state index in [1.165, 1.54) is 18.5 Å². The maximum Gasteiger partial charge on any atom is 0.274 e. The Morgan fingerprint density at radius 1 is 1.11 bits per heavy atom. The second-order valence-electron chi connectivity index (χ2n) is 6.23. The number of carbonyl (C=O) groups is 1. The number of nitrogens with zero attached hydrogens (tertiary/aromatic N) is 5. The quantitative estimate of drug-likeness (QED) is 0.569. The molecule has 9 heteroatoms. The molecule has 1 aromatic carbocycles. The standard InChI is InChI=1S/C19H16FN7O/c1-11-7-12(2)27(26-11)18-9-17(21-10-22-18)23-19(28)16-8-15(24-25-16)13-3-5-14(20)6-4-13/h3-10H,1-2H3,(H,24,25)(H,21,22,23,28). The molecule has 28 heavy (non-hydrogen) atoms. The van der Waals surface area contributed by atoms with E-state index in [9.17, 15) is 9.18 Å². The van der Waals surface area contributed by atoms with Crippen LogP contribution in [0.25, 0.3) is 17.1 Å². The summed E-state index contributed by atoms with van der Waals surface area (Å²) in [4.78, 5) is 20.8. The van der Waals surface area contributed by atoms with Crippen molar-refractivity contribution in [3.63, 3.8) is 0 Å². The van der Waals surface area contributed by atoms with E-state index in [1.807, 2.05) is 19.9 Å². The van der Waals surface area contributed by atoms with Gasteiger partial charge >= 0.3 is 0 Å². The molecule has 0 atom stereocenters. The molecule has 0 bridgehead atoms. The summed E-state index contributed by atoms with van der Waals surface area (Å²) in [6, 6.07) is 11.0. The van der Waals surface area contributed by atoms with Gasteiger partial charge < -0.3 is 5.32 Å².